The van der Waals surface area contributed by atoms with Crippen molar-refractivity contribution in [2.24, 2.45) is 0 Å². The summed E-state index contributed by atoms with van der Waals surface area (Å²) in [7, 11) is 0. The lowest BCUT2D eigenvalue weighted by atomic mass is 10.2. The van der Waals surface area contributed by atoms with Crippen molar-refractivity contribution in [3.63, 3.8) is 0 Å². The van der Waals surface area contributed by atoms with E-state index in [1.807, 2.05) is 0 Å². The van der Waals surface area contributed by atoms with Crippen LogP contribution in [0.4, 0.5) is 0 Å². The number of pyridine rings is 2. The number of nitrogens with zero attached hydrogens (tertiary/aromatic N) is 1. The largest absolute Gasteiger partial charge is 0.306 e. The molecular weight excluding hydrogens is 196 g/mol. The Morgan fingerprint density at radius 3 is 2.87 bits per heavy atom. The highest BCUT2D eigenvalue weighted by molar-refractivity contribution is 6.00. The van der Waals surface area contributed by atoms with Crippen LogP contribution in [0.2, 0.25) is 0 Å². The predicted octanol–water partition coefficient (Wildman–Crippen LogP) is 0.0927. The Kier molecular flexibility index (Phi) is 1.37. The summed E-state index contributed by atoms with van der Waals surface area (Å²) in [5, 5.41) is 5.88. The van der Waals surface area contributed by atoms with Gasteiger partial charge in [0.2, 0.25) is 0 Å². The lowest BCUT2D eigenvalue weighted by molar-refractivity contribution is 1.08. The molecule has 6 nitrogen and oxygen atoms in total. The summed E-state index contributed by atoms with van der Waals surface area (Å²) in [6, 6.07) is 3.52. The van der Waals surface area contributed by atoms with Gasteiger partial charge in [-0.15, -0.1) is 0 Å². The van der Waals surface area contributed by atoms with Crippen LogP contribution < -0.4 is 11.1 Å². The van der Waals surface area contributed by atoms with Gasteiger partial charge < -0.3 is 4.98 Å². The van der Waals surface area contributed by atoms with Gasteiger partial charge in [-0.1, -0.05) is 0 Å². The van der Waals surface area contributed by atoms with E-state index in [0.29, 0.717) is 16.6 Å². The van der Waals surface area contributed by atoms with Crippen LogP contribution in [0.3, 0.4) is 0 Å². The first-order valence-electron chi connectivity index (χ1n) is 4.35. The zero-order chi connectivity index (χ0) is 10.4. The van der Waals surface area contributed by atoms with Gasteiger partial charge in [-0.2, -0.15) is 0 Å². The molecule has 74 valence electrons. The Morgan fingerprint density at radius 1 is 1.13 bits per heavy atom. The highest BCUT2D eigenvalue weighted by Gasteiger charge is 2.09. The van der Waals surface area contributed by atoms with Gasteiger partial charge in [-0.05, 0) is 12.1 Å². The molecule has 3 N–H and O–H groups in total. The Bertz CT molecular complexity index is 765. The quantitative estimate of drug-likeness (QED) is 0.482. The summed E-state index contributed by atoms with van der Waals surface area (Å²) in [5.74, 6) is 0. The van der Waals surface area contributed by atoms with E-state index >= 15 is 0 Å². The first-order chi connectivity index (χ1) is 7.27. The van der Waals surface area contributed by atoms with Gasteiger partial charge in [0.05, 0.1) is 5.52 Å². The van der Waals surface area contributed by atoms with E-state index in [1.54, 1.807) is 18.3 Å². The van der Waals surface area contributed by atoms with E-state index in [1.165, 1.54) is 0 Å². The first kappa shape index (κ1) is 7.98. The van der Waals surface area contributed by atoms with Crippen LogP contribution in [0.5, 0.6) is 0 Å². The SMILES string of the molecule is O=c1[nH][nH]c2c1c(=O)[nH]c1ncccc12. The van der Waals surface area contributed by atoms with Gasteiger partial charge in [-0.25, -0.2) is 4.98 Å². The van der Waals surface area contributed by atoms with E-state index < -0.39 is 11.1 Å². The summed E-state index contributed by atoms with van der Waals surface area (Å²) >= 11 is 0. The summed E-state index contributed by atoms with van der Waals surface area (Å²) in [6.07, 6.45) is 1.58. The van der Waals surface area contributed by atoms with Crippen molar-refractivity contribution < 1.29 is 0 Å². The van der Waals surface area contributed by atoms with Crippen molar-refractivity contribution in [1.82, 2.24) is 20.2 Å². The average molecular weight is 202 g/mol. The maximum absolute atomic E-state index is 11.5. The molecule has 0 radical (unpaired) electrons. The third-order valence-corrected chi connectivity index (χ3v) is 2.31. The Labute approximate surface area is 82.0 Å². The Hall–Kier alpha value is -2.37. The van der Waals surface area contributed by atoms with Gasteiger partial charge in [0.1, 0.15) is 11.0 Å². The zero-order valence-corrected chi connectivity index (χ0v) is 7.50. The van der Waals surface area contributed by atoms with Gasteiger partial charge in [0, 0.05) is 11.6 Å². The summed E-state index contributed by atoms with van der Waals surface area (Å²) in [6.45, 7) is 0. The van der Waals surface area contributed by atoms with Gasteiger partial charge in [-0.3, -0.25) is 19.8 Å². The van der Waals surface area contributed by atoms with Crippen molar-refractivity contribution in [2.45, 2.75) is 0 Å². The molecule has 3 aromatic heterocycles. The molecule has 0 aromatic carbocycles. The highest BCUT2D eigenvalue weighted by Crippen LogP contribution is 2.13. The van der Waals surface area contributed by atoms with Crippen LogP contribution >= 0.6 is 0 Å². The fraction of sp³-hybridized carbons (Fsp3) is 0. The van der Waals surface area contributed by atoms with Crippen molar-refractivity contribution in [3.05, 3.63) is 39.0 Å². The molecule has 0 saturated heterocycles. The lowest BCUT2D eigenvalue weighted by Crippen LogP contribution is -2.13. The minimum atomic E-state index is -0.432. The lowest BCUT2D eigenvalue weighted by Gasteiger charge is -1.95. The Balaban J connectivity index is 2.78. The summed E-state index contributed by atoms with van der Waals surface area (Å²) in [5.41, 5.74) is 0.104. The number of aromatic nitrogens is 4. The molecule has 0 aliphatic rings. The van der Waals surface area contributed by atoms with E-state index in [9.17, 15) is 9.59 Å². The number of nitrogens with one attached hydrogen (secondary N) is 3. The number of rotatable bonds is 0. The van der Waals surface area contributed by atoms with Gasteiger partial charge in [0.25, 0.3) is 11.1 Å². The molecule has 3 heterocycles. The molecule has 0 aliphatic carbocycles. The molecule has 0 amide bonds. The number of hydrogen-bond acceptors (Lipinski definition) is 3. The van der Waals surface area contributed by atoms with Gasteiger partial charge >= 0.3 is 0 Å². The van der Waals surface area contributed by atoms with Crippen LogP contribution in [0, 0.1) is 0 Å². The number of H-pyrrole nitrogens is 3. The van der Waals surface area contributed by atoms with Crippen LogP contribution in [0.15, 0.2) is 27.9 Å². The second-order valence-electron chi connectivity index (χ2n) is 3.18. The monoisotopic (exact) mass is 202 g/mol. The molecular formula is C9H6N4O2. The topological polar surface area (TPSA) is 94.4 Å². The van der Waals surface area contributed by atoms with Crippen molar-refractivity contribution in [3.8, 4) is 0 Å². The smallest absolute Gasteiger partial charge is 0.277 e. The second-order valence-corrected chi connectivity index (χ2v) is 3.18. The molecule has 0 atom stereocenters. The molecule has 3 rings (SSSR count). The standard InChI is InChI=1S/C9H6N4O2/c14-8-5-6(12-13-9(5)15)4-2-1-3-10-7(4)11-8/h1-3H,(H,10,11,14)(H2,12,13,15). The van der Waals surface area contributed by atoms with E-state index in [-0.39, 0.29) is 5.39 Å². The number of fused-ring (bicyclic) bond motifs is 3. The first-order valence-corrected chi connectivity index (χ1v) is 4.35. The van der Waals surface area contributed by atoms with Crippen LogP contribution in [-0.2, 0) is 0 Å². The fourth-order valence-electron chi connectivity index (χ4n) is 1.65. The van der Waals surface area contributed by atoms with Crippen LogP contribution in [-0.4, -0.2) is 20.2 Å². The zero-order valence-electron chi connectivity index (χ0n) is 7.50. The van der Waals surface area contributed by atoms with Crippen LogP contribution in [0.25, 0.3) is 21.9 Å². The molecule has 0 fully saturated rings. The second kappa shape index (κ2) is 2.57. The van der Waals surface area contributed by atoms with Crippen LogP contribution in [0.1, 0.15) is 0 Å². The van der Waals surface area contributed by atoms with Crippen molar-refractivity contribution in [2.75, 3.05) is 0 Å². The fourth-order valence-corrected chi connectivity index (χ4v) is 1.65. The number of aromatic amines is 3. The maximum Gasteiger partial charge on any atom is 0.277 e. The molecule has 15 heavy (non-hydrogen) atoms. The highest BCUT2D eigenvalue weighted by atomic mass is 16.1. The average Bonchev–Trinajstić information content (AvgIpc) is 2.62. The number of hydrogen-bond donors (Lipinski definition) is 3. The molecule has 3 aromatic rings. The van der Waals surface area contributed by atoms with Gasteiger partial charge in [0.15, 0.2) is 0 Å². The van der Waals surface area contributed by atoms with Crippen molar-refractivity contribution >= 4 is 21.9 Å². The van der Waals surface area contributed by atoms with Crippen molar-refractivity contribution in [1.29, 1.82) is 0 Å². The Morgan fingerprint density at radius 2 is 2.00 bits per heavy atom. The van der Waals surface area contributed by atoms with E-state index in [0.717, 1.165) is 0 Å². The molecule has 6 heteroatoms. The summed E-state index contributed by atoms with van der Waals surface area (Å²) < 4.78 is 0. The summed E-state index contributed by atoms with van der Waals surface area (Å²) in [4.78, 5) is 29.4. The third kappa shape index (κ3) is 0.954. The normalized spacial score (nSPS) is 11.2. The van der Waals surface area contributed by atoms with E-state index in [4.69, 9.17) is 0 Å². The molecule has 0 bridgehead atoms. The minimum absolute atomic E-state index is 0.107. The maximum atomic E-state index is 11.5. The predicted molar refractivity (Wildman–Crippen MR) is 54.8 cm³/mol. The molecule has 0 spiro atoms. The van der Waals surface area contributed by atoms with E-state index in [2.05, 4.69) is 20.2 Å². The third-order valence-electron chi connectivity index (χ3n) is 2.31. The molecule has 0 unspecified atom stereocenters. The minimum Gasteiger partial charge on any atom is -0.306 e. The molecule has 0 aliphatic heterocycles. The molecule has 0 saturated carbocycles.